The first-order valence-electron chi connectivity index (χ1n) is 5.02. The molecule has 7 heteroatoms. The largest absolute Gasteiger partial charge is 0.337 e. The van der Waals surface area contributed by atoms with Crippen LogP contribution in [0.25, 0.3) is 0 Å². The van der Waals surface area contributed by atoms with Crippen molar-refractivity contribution in [3.05, 3.63) is 36.2 Å². The van der Waals surface area contributed by atoms with Crippen LogP contribution in [0.5, 0.6) is 0 Å². The van der Waals surface area contributed by atoms with Crippen LogP contribution in [0.2, 0.25) is 0 Å². The van der Waals surface area contributed by atoms with Gasteiger partial charge in [-0.15, -0.1) is 0 Å². The molecule has 6 nitrogen and oxygen atoms in total. The summed E-state index contributed by atoms with van der Waals surface area (Å²) in [5.41, 5.74) is 0. The fraction of sp³-hybridized carbons (Fsp3) is 0.200. The minimum atomic E-state index is -3.64. The van der Waals surface area contributed by atoms with E-state index in [0.717, 1.165) is 0 Å². The summed E-state index contributed by atoms with van der Waals surface area (Å²) >= 11 is 0. The van der Waals surface area contributed by atoms with Crippen LogP contribution in [0.15, 0.2) is 39.8 Å². The molecule has 0 atom stereocenters. The van der Waals surface area contributed by atoms with E-state index in [0.29, 0.717) is 12.3 Å². The van der Waals surface area contributed by atoms with Gasteiger partial charge in [0, 0.05) is 6.42 Å². The summed E-state index contributed by atoms with van der Waals surface area (Å²) in [6, 6.07) is 8.00. The fourth-order valence-corrected chi connectivity index (χ4v) is 2.18. The lowest BCUT2D eigenvalue weighted by Gasteiger charge is -2.02. The molecule has 0 unspecified atom stereocenters. The van der Waals surface area contributed by atoms with Crippen molar-refractivity contribution in [1.29, 1.82) is 0 Å². The quantitative estimate of drug-likeness (QED) is 0.891. The predicted octanol–water partition coefficient (Wildman–Crippen LogP) is 1.43. The van der Waals surface area contributed by atoms with Crippen LogP contribution >= 0.6 is 0 Å². The Morgan fingerprint density at radius 2 is 2.00 bits per heavy atom. The second kappa shape index (κ2) is 4.54. The van der Waals surface area contributed by atoms with Gasteiger partial charge in [0.05, 0.1) is 4.90 Å². The van der Waals surface area contributed by atoms with E-state index in [1.54, 1.807) is 18.2 Å². The van der Waals surface area contributed by atoms with E-state index in [2.05, 4.69) is 14.9 Å². The number of sulfonamides is 1. The second-order valence-electron chi connectivity index (χ2n) is 3.28. The van der Waals surface area contributed by atoms with Crippen molar-refractivity contribution in [3.8, 4) is 0 Å². The Labute approximate surface area is 98.7 Å². The zero-order chi connectivity index (χ0) is 12.3. The summed E-state index contributed by atoms with van der Waals surface area (Å²) < 4.78 is 30.8. The van der Waals surface area contributed by atoms with Gasteiger partial charge in [0.2, 0.25) is 5.89 Å². The Bertz CT molecular complexity index is 592. The lowest BCUT2D eigenvalue weighted by molar-refractivity contribution is 0.383. The minimum absolute atomic E-state index is 0.0503. The first-order chi connectivity index (χ1) is 8.12. The van der Waals surface area contributed by atoms with Gasteiger partial charge in [0.25, 0.3) is 16.0 Å². The van der Waals surface area contributed by atoms with Gasteiger partial charge in [-0.25, -0.2) is 13.1 Å². The molecule has 0 bridgehead atoms. The molecule has 0 radical (unpaired) electrons. The van der Waals surface area contributed by atoms with Gasteiger partial charge < -0.3 is 4.52 Å². The molecule has 2 rings (SSSR count). The average molecular weight is 253 g/mol. The van der Waals surface area contributed by atoms with E-state index in [9.17, 15) is 8.42 Å². The monoisotopic (exact) mass is 253 g/mol. The molecule has 90 valence electrons. The van der Waals surface area contributed by atoms with Crippen molar-refractivity contribution < 1.29 is 12.9 Å². The lowest BCUT2D eigenvalue weighted by atomic mass is 10.4. The van der Waals surface area contributed by atoms with Crippen molar-refractivity contribution in [2.75, 3.05) is 4.72 Å². The first kappa shape index (κ1) is 11.6. The number of rotatable bonds is 4. The molecule has 1 aromatic heterocycles. The molecule has 17 heavy (non-hydrogen) atoms. The highest BCUT2D eigenvalue weighted by Gasteiger charge is 2.16. The Hall–Kier alpha value is -1.89. The topological polar surface area (TPSA) is 85.1 Å². The maximum Gasteiger partial charge on any atom is 0.277 e. The molecule has 1 N–H and O–H groups in total. The van der Waals surface area contributed by atoms with E-state index >= 15 is 0 Å². The third-order valence-corrected chi connectivity index (χ3v) is 3.39. The van der Waals surface area contributed by atoms with Gasteiger partial charge in [0.15, 0.2) is 0 Å². The first-order valence-corrected chi connectivity index (χ1v) is 6.50. The number of aromatic nitrogens is 2. The van der Waals surface area contributed by atoms with Gasteiger partial charge in [-0.1, -0.05) is 25.1 Å². The van der Waals surface area contributed by atoms with Crippen LogP contribution in [-0.2, 0) is 16.4 Å². The summed E-state index contributed by atoms with van der Waals surface area (Å²) in [6.07, 6.45) is 0.556. The average Bonchev–Trinajstić information content (AvgIpc) is 2.77. The lowest BCUT2D eigenvalue weighted by Crippen LogP contribution is -2.13. The van der Waals surface area contributed by atoms with Crippen LogP contribution in [-0.4, -0.2) is 18.6 Å². The molecule has 1 aromatic carbocycles. The van der Waals surface area contributed by atoms with Gasteiger partial charge in [-0.05, 0) is 17.3 Å². The third-order valence-electron chi connectivity index (χ3n) is 2.05. The van der Waals surface area contributed by atoms with Crippen LogP contribution < -0.4 is 4.72 Å². The van der Waals surface area contributed by atoms with Crippen molar-refractivity contribution in [1.82, 2.24) is 10.1 Å². The van der Waals surface area contributed by atoms with Gasteiger partial charge in [0.1, 0.15) is 0 Å². The fourth-order valence-electron chi connectivity index (χ4n) is 1.22. The SMILES string of the molecule is CCc1nc(NS(=O)(=O)c2ccccc2)no1. The van der Waals surface area contributed by atoms with Gasteiger partial charge >= 0.3 is 0 Å². The van der Waals surface area contributed by atoms with E-state index in [-0.39, 0.29) is 10.8 Å². The highest BCUT2D eigenvalue weighted by atomic mass is 32.2. The molecular weight excluding hydrogens is 242 g/mol. The van der Waals surface area contributed by atoms with Crippen molar-refractivity contribution in [2.24, 2.45) is 0 Å². The Morgan fingerprint density at radius 3 is 2.59 bits per heavy atom. The molecule has 0 spiro atoms. The molecular formula is C10H11N3O3S. The number of benzene rings is 1. The van der Waals surface area contributed by atoms with Gasteiger partial charge in [-0.2, -0.15) is 4.98 Å². The van der Waals surface area contributed by atoms with E-state index in [1.807, 2.05) is 6.92 Å². The summed E-state index contributed by atoms with van der Waals surface area (Å²) in [7, 11) is -3.64. The Kier molecular flexibility index (Phi) is 3.10. The van der Waals surface area contributed by atoms with E-state index in [4.69, 9.17) is 4.52 Å². The highest BCUT2D eigenvalue weighted by Crippen LogP contribution is 2.12. The zero-order valence-electron chi connectivity index (χ0n) is 9.12. The standard InChI is InChI=1S/C10H11N3O3S/c1-2-9-11-10(12-16-9)13-17(14,15)8-6-4-3-5-7-8/h3-7H,2H2,1H3,(H,12,13). The molecule has 0 aliphatic rings. The Morgan fingerprint density at radius 1 is 1.29 bits per heavy atom. The minimum Gasteiger partial charge on any atom is -0.337 e. The molecule has 2 aromatic rings. The maximum absolute atomic E-state index is 11.9. The molecule has 0 saturated heterocycles. The van der Waals surface area contributed by atoms with E-state index < -0.39 is 10.0 Å². The summed E-state index contributed by atoms with van der Waals surface area (Å²) in [6.45, 7) is 1.84. The maximum atomic E-state index is 11.9. The smallest absolute Gasteiger partial charge is 0.277 e. The number of nitrogens with zero attached hydrogens (tertiary/aromatic N) is 2. The van der Waals surface area contributed by atoms with Crippen molar-refractivity contribution in [3.63, 3.8) is 0 Å². The van der Waals surface area contributed by atoms with Crippen LogP contribution in [0.3, 0.4) is 0 Å². The van der Waals surface area contributed by atoms with Crippen molar-refractivity contribution >= 4 is 16.0 Å². The van der Waals surface area contributed by atoms with Gasteiger partial charge in [-0.3, -0.25) is 0 Å². The molecule has 0 amide bonds. The number of aryl methyl sites for hydroxylation is 1. The summed E-state index contributed by atoms with van der Waals surface area (Å²) in [4.78, 5) is 4.03. The highest BCUT2D eigenvalue weighted by molar-refractivity contribution is 7.92. The summed E-state index contributed by atoms with van der Waals surface area (Å²) in [5, 5.41) is 3.52. The van der Waals surface area contributed by atoms with Crippen LogP contribution in [0.1, 0.15) is 12.8 Å². The zero-order valence-corrected chi connectivity index (χ0v) is 9.94. The van der Waals surface area contributed by atoms with Crippen LogP contribution in [0.4, 0.5) is 5.95 Å². The number of hydrogen-bond donors (Lipinski definition) is 1. The molecule has 1 heterocycles. The molecule has 0 saturated carbocycles. The summed E-state index contributed by atoms with van der Waals surface area (Å²) in [5.74, 6) is 0.335. The number of anilines is 1. The predicted molar refractivity (Wildman–Crippen MR) is 60.9 cm³/mol. The third kappa shape index (κ3) is 2.62. The normalized spacial score (nSPS) is 11.4. The van der Waals surface area contributed by atoms with E-state index in [1.165, 1.54) is 12.1 Å². The second-order valence-corrected chi connectivity index (χ2v) is 4.97. The number of nitrogens with one attached hydrogen (secondary N) is 1. The van der Waals surface area contributed by atoms with Crippen LogP contribution in [0, 0.1) is 0 Å². The van der Waals surface area contributed by atoms with Crippen molar-refractivity contribution in [2.45, 2.75) is 18.2 Å². The Balaban J connectivity index is 2.24. The molecule has 0 aliphatic carbocycles. The molecule has 0 aliphatic heterocycles. The number of hydrogen-bond acceptors (Lipinski definition) is 5. The molecule has 0 fully saturated rings.